The molecule has 6 nitrogen and oxygen atoms in total. The molecule has 106 valence electrons. The van der Waals surface area contributed by atoms with Gasteiger partial charge >= 0.3 is 0 Å². The first-order valence-corrected chi connectivity index (χ1v) is 8.10. The average Bonchev–Trinajstić information content (AvgIpc) is 2.25. The molecule has 0 spiro atoms. The molecule has 1 aromatic rings. The summed E-state index contributed by atoms with van der Waals surface area (Å²) >= 11 is 5.39. The van der Waals surface area contributed by atoms with Gasteiger partial charge < -0.3 is 0 Å². The SMILES string of the molecule is C=C(Cl)CNS(=O)(=O)c1ccc(S(N)(=O)=O)cc1F. The zero-order valence-corrected chi connectivity index (χ0v) is 11.8. The number of nitrogens with two attached hydrogens (primary N) is 1. The zero-order chi connectivity index (χ0) is 14.8. The molecule has 0 bridgehead atoms. The number of sulfonamides is 2. The summed E-state index contributed by atoms with van der Waals surface area (Å²) in [6, 6.07) is 2.22. The lowest BCUT2D eigenvalue weighted by molar-refractivity contribution is 0.555. The maximum absolute atomic E-state index is 13.6. The van der Waals surface area contributed by atoms with Crippen LogP contribution in [0.1, 0.15) is 0 Å². The number of primary sulfonamides is 1. The molecule has 1 rings (SSSR count). The molecule has 19 heavy (non-hydrogen) atoms. The molecule has 0 amide bonds. The van der Waals surface area contributed by atoms with E-state index < -0.39 is 35.7 Å². The minimum absolute atomic E-state index is 0.0186. The lowest BCUT2D eigenvalue weighted by atomic mass is 10.3. The van der Waals surface area contributed by atoms with Gasteiger partial charge in [-0.1, -0.05) is 18.2 Å². The third-order valence-corrected chi connectivity index (χ3v) is 4.45. The van der Waals surface area contributed by atoms with Gasteiger partial charge in [0.25, 0.3) is 0 Å². The Morgan fingerprint density at radius 2 is 1.95 bits per heavy atom. The van der Waals surface area contributed by atoms with Gasteiger partial charge in [0, 0.05) is 11.6 Å². The van der Waals surface area contributed by atoms with Crippen LogP contribution in [0.2, 0.25) is 0 Å². The molecule has 0 atom stereocenters. The molecule has 0 heterocycles. The number of halogens is 2. The van der Waals surface area contributed by atoms with Crippen molar-refractivity contribution in [3.63, 3.8) is 0 Å². The second-order valence-corrected chi connectivity index (χ2v) is 7.31. The van der Waals surface area contributed by atoms with Crippen molar-refractivity contribution in [3.8, 4) is 0 Å². The first kappa shape index (κ1) is 16.1. The van der Waals surface area contributed by atoms with E-state index in [1.54, 1.807) is 0 Å². The van der Waals surface area contributed by atoms with Crippen molar-refractivity contribution < 1.29 is 21.2 Å². The maximum atomic E-state index is 13.6. The van der Waals surface area contributed by atoms with Crippen LogP contribution in [0.5, 0.6) is 0 Å². The van der Waals surface area contributed by atoms with Gasteiger partial charge in [0.15, 0.2) is 0 Å². The molecule has 0 fully saturated rings. The fourth-order valence-electron chi connectivity index (χ4n) is 1.13. The highest BCUT2D eigenvalue weighted by molar-refractivity contribution is 7.89. The van der Waals surface area contributed by atoms with Crippen molar-refractivity contribution in [2.75, 3.05) is 6.54 Å². The van der Waals surface area contributed by atoms with Crippen LogP contribution < -0.4 is 9.86 Å². The molecule has 1 aromatic carbocycles. The van der Waals surface area contributed by atoms with Gasteiger partial charge in [-0.2, -0.15) is 0 Å². The highest BCUT2D eigenvalue weighted by Crippen LogP contribution is 2.18. The zero-order valence-electron chi connectivity index (χ0n) is 9.43. The summed E-state index contributed by atoms with van der Waals surface area (Å²) in [6.07, 6.45) is 0. The first-order chi connectivity index (χ1) is 8.54. The topological polar surface area (TPSA) is 106 Å². The van der Waals surface area contributed by atoms with Gasteiger partial charge in [-0.15, -0.1) is 0 Å². The molecule has 0 aliphatic heterocycles. The normalized spacial score (nSPS) is 12.4. The average molecular weight is 329 g/mol. The van der Waals surface area contributed by atoms with E-state index in [4.69, 9.17) is 16.7 Å². The van der Waals surface area contributed by atoms with Crippen molar-refractivity contribution >= 4 is 31.6 Å². The minimum atomic E-state index is -4.15. The predicted octanol–water partition coefficient (Wildman–Crippen LogP) is 0.504. The summed E-state index contributed by atoms with van der Waals surface area (Å²) in [6.45, 7) is 2.99. The van der Waals surface area contributed by atoms with Crippen LogP contribution >= 0.6 is 11.6 Å². The molecule has 10 heteroatoms. The molecule has 0 saturated carbocycles. The standard InChI is InChI=1S/C9H10ClFN2O4S2/c1-6(10)5-13-19(16,17)9-3-2-7(4-8(9)11)18(12,14)15/h2-4,13H,1,5H2,(H2,12,14,15). The lowest BCUT2D eigenvalue weighted by Gasteiger charge is -2.07. The fraction of sp³-hybridized carbons (Fsp3) is 0.111. The second kappa shape index (κ2) is 5.55. The number of hydrogen-bond acceptors (Lipinski definition) is 4. The van der Waals surface area contributed by atoms with Gasteiger partial charge in [-0.25, -0.2) is 31.1 Å². The summed E-state index contributed by atoms with van der Waals surface area (Å²) in [4.78, 5) is -1.23. The Balaban J connectivity index is 3.20. The second-order valence-electron chi connectivity index (χ2n) is 3.48. The van der Waals surface area contributed by atoms with Crippen LogP contribution in [0.25, 0.3) is 0 Å². The molecular weight excluding hydrogens is 319 g/mol. The molecule has 0 unspecified atom stereocenters. The third-order valence-electron chi connectivity index (χ3n) is 1.98. The van der Waals surface area contributed by atoms with Crippen molar-refractivity contribution in [3.05, 3.63) is 35.6 Å². The van der Waals surface area contributed by atoms with E-state index in [0.717, 1.165) is 12.1 Å². The molecule has 0 aliphatic carbocycles. The highest BCUT2D eigenvalue weighted by Gasteiger charge is 2.21. The van der Waals surface area contributed by atoms with Crippen LogP contribution in [-0.4, -0.2) is 23.4 Å². The van der Waals surface area contributed by atoms with Crippen molar-refractivity contribution in [1.29, 1.82) is 0 Å². The lowest BCUT2D eigenvalue weighted by Crippen LogP contribution is -2.26. The number of rotatable bonds is 5. The maximum Gasteiger partial charge on any atom is 0.243 e. The van der Waals surface area contributed by atoms with E-state index in [-0.39, 0.29) is 11.6 Å². The highest BCUT2D eigenvalue weighted by atomic mass is 35.5. The number of hydrogen-bond donors (Lipinski definition) is 2. The molecule has 0 aliphatic rings. The summed E-state index contributed by atoms with van der Waals surface area (Å²) < 4.78 is 60.9. The van der Waals surface area contributed by atoms with Crippen LogP contribution in [0, 0.1) is 5.82 Å². The summed E-state index contributed by atoms with van der Waals surface area (Å²) in [5.41, 5.74) is 0. The summed E-state index contributed by atoms with van der Waals surface area (Å²) in [5, 5.41) is 4.81. The third kappa shape index (κ3) is 4.25. The van der Waals surface area contributed by atoms with E-state index >= 15 is 0 Å². The minimum Gasteiger partial charge on any atom is -0.225 e. The molecular formula is C9H10ClFN2O4S2. The van der Waals surface area contributed by atoms with E-state index in [1.807, 2.05) is 4.72 Å². The Labute approximate surface area is 115 Å². The Morgan fingerprint density at radius 3 is 2.37 bits per heavy atom. The van der Waals surface area contributed by atoms with Crippen molar-refractivity contribution in [2.45, 2.75) is 9.79 Å². The Morgan fingerprint density at radius 1 is 1.37 bits per heavy atom. The Kier molecular flexibility index (Phi) is 4.69. The Hall–Kier alpha value is -1.00. The molecule has 0 radical (unpaired) electrons. The largest absolute Gasteiger partial charge is 0.243 e. The Bertz CT molecular complexity index is 716. The monoisotopic (exact) mass is 328 g/mol. The van der Waals surface area contributed by atoms with Crippen molar-refractivity contribution in [2.24, 2.45) is 5.14 Å². The fourth-order valence-corrected chi connectivity index (χ4v) is 2.88. The van der Waals surface area contributed by atoms with Crippen LogP contribution in [0.3, 0.4) is 0 Å². The van der Waals surface area contributed by atoms with Crippen LogP contribution in [0.15, 0.2) is 39.6 Å². The van der Waals surface area contributed by atoms with E-state index in [0.29, 0.717) is 6.07 Å². The molecule has 3 N–H and O–H groups in total. The summed E-state index contributed by atoms with van der Waals surface area (Å²) in [5.74, 6) is -1.24. The van der Waals surface area contributed by atoms with Crippen LogP contribution in [0.4, 0.5) is 4.39 Å². The van der Waals surface area contributed by atoms with Gasteiger partial charge in [-0.05, 0) is 18.2 Å². The van der Waals surface area contributed by atoms with Gasteiger partial charge in [-0.3, -0.25) is 0 Å². The van der Waals surface area contributed by atoms with E-state index in [9.17, 15) is 21.2 Å². The number of nitrogens with one attached hydrogen (secondary N) is 1. The van der Waals surface area contributed by atoms with Gasteiger partial charge in [0.05, 0.1) is 4.90 Å². The number of benzene rings is 1. The van der Waals surface area contributed by atoms with Gasteiger partial charge in [0.2, 0.25) is 20.0 Å². The van der Waals surface area contributed by atoms with E-state index in [1.165, 1.54) is 0 Å². The predicted molar refractivity (Wildman–Crippen MR) is 68.0 cm³/mol. The summed E-state index contributed by atoms with van der Waals surface area (Å²) in [7, 11) is -8.26. The van der Waals surface area contributed by atoms with Crippen LogP contribution in [-0.2, 0) is 20.0 Å². The first-order valence-electron chi connectivity index (χ1n) is 4.69. The van der Waals surface area contributed by atoms with Gasteiger partial charge in [0.1, 0.15) is 10.7 Å². The molecule has 0 aromatic heterocycles. The smallest absolute Gasteiger partial charge is 0.225 e. The quantitative estimate of drug-likeness (QED) is 0.821. The molecule has 0 saturated heterocycles. The van der Waals surface area contributed by atoms with Crippen molar-refractivity contribution in [1.82, 2.24) is 4.72 Å². The van der Waals surface area contributed by atoms with E-state index in [2.05, 4.69) is 6.58 Å².